The van der Waals surface area contributed by atoms with Crippen LogP contribution in [0.3, 0.4) is 0 Å². The molecule has 1 atom stereocenters. The Balaban J connectivity index is 1.31. The zero-order valence-corrected chi connectivity index (χ0v) is 16.8. The summed E-state index contributed by atoms with van der Waals surface area (Å²) < 4.78 is 7.93. The van der Waals surface area contributed by atoms with E-state index >= 15 is 0 Å². The Morgan fingerprint density at radius 3 is 2.55 bits per heavy atom. The number of aromatic nitrogens is 2. The maximum Gasteiger partial charge on any atom is 0.275 e. The van der Waals surface area contributed by atoms with Crippen molar-refractivity contribution in [2.24, 2.45) is 5.92 Å². The summed E-state index contributed by atoms with van der Waals surface area (Å²) in [6.07, 6.45) is 3.43. The number of rotatable bonds is 5. The molecule has 0 bridgehead atoms. The molecule has 3 aromatic rings. The first kappa shape index (κ1) is 19.3. The lowest BCUT2D eigenvalue weighted by Gasteiger charge is -2.32. The van der Waals surface area contributed by atoms with Crippen molar-refractivity contribution in [3.05, 3.63) is 72.1 Å². The van der Waals surface area contributed by atoms with Gasteiger partial charge in [0.05, 0.1) is 17.9 Å². The second-order valence-corrected chi connectivity index (χ2v) is 7.76. The smallest absolute Gasteiger partial charge is 0.275 e. The molecule has 0 radical (unpaired) electrons. The number of nitrogens with one attached hydrogen (secondary N) is 1. The van der Waals surface area contributed by atoms with Crippen molar-refractivity contribution in [1.29, 1.82) is 0 Å². The molecule has 1 N–H and O–H groups in total. The highest BCUT2D eigenvalue weighted by atomic mass is 32.1. The van der Waals surface area contributed by atoms with E-state index < -0.39 is 0 Å². The fourth-order valence-corrected chi connectivity index (χ4v) is 4.03. The van der Waals surface area contributed by atoms with E-state index in [4.69, 9.17) is 0 Å². The monoisotopic (exact) mass is 406 g/mol. The third-order valence-electron chi connectivity index (χ3n) is 5.19. The van der Waals surface area contributed by atoms with Crippen molar-refractivity contribution < 1.29 is 9.59 Å². The summed E-state index contributed by atoms with van der Waals surface area (Å²) in [6.45, 7) is 1.91. The van der Waals surface area contributed by atoms with Crippen LogP contribution >= 0.6 is 11.7 Å². The molecular weight excluding hydrogens is 384 g/mol. The van der Waals surface area contributed by atoms with Gasteiger partial charge in [-0.25, -0.2) is 0 Å². The largest absolute Gasteiger partial charge is 0.352 e. The van der Waals surface area contributed by atoms with Gasteiger partial charge in [0.25, 0.3) is 11.8 Å². The summed E-state index contributed by atoms with van der Waals surface area (Å²) in [4.78, 5) is 26.8. The summed E-state index contributed by atoms with van der Waals surface area (Å²) in [7, 11) is 0. The molecule has 2 heterocycles. The van der Waals surface area contributed by atoms with Gasteiger partial charge in [-0.2, -0.15) is 8.75 Å². The second-order valence-electron chi connectivity index (χ2n) is 7.21. The number of likely N-dealkylation sites (tertiary alicyclic amines) is 1. The van der Waals surface area contributed by atoms with Gasteiger partial charge in [0.15, 0.2) is 5.69 Å². The number of nitrogens with zero attached hydrogens (tertiary/aromatic N) is 3. The van der Waals surface area contributed by atoms with E-state index in [-0.39, 0.29) is 17.7 Å². The van der Waals surface area contributed by atoms with Crippen LogP contribution in [0.1, 0.15) is 33.7 Å². The van der Waals surface area contributed by atoms with Crippen LogP contribution in [0, 0.1) is 5.92 Å². The molecule has 1 saturated heterocycles. The van der Waals surface area contributed by atoms with Gasteiger partial charge in [0.2, 0.25) is 0 Å². The van der Waals surface area contributed by atoms with Crippen molar-refractivity contribution in [2.45, 2.75) is 12.8 Å². The van der Waals surface area contributed by atoms with E-state index in [0.717, 1.165) is 42.2 Å². The number of hydrogen-bond acceptors (Lipinski definition) is 5. The predicted octanol–water partition coefficient (Wildman–Crippen LogP) is 3.49. The average Bonchev–Trinajstić information content (AvgIpc) is 3.33. The van der Waals surface area contributed by atoms with E-state index in [1.165, 1.54) is 6.20 Å². The number of amides is 2. The fourth-order valence-electron chi connectivity index (χ4n) is 3.62. The Kier molecular flexibility index (Phi) is 5.95. The molecule has 0 aliphatic carbocycles. The Morgan fingerprint density at radius 2 is 1.83 bits per heavy atom. The Labute approximate surface area is 173 Å². The van der Waals surface area contributed by atoms with Gasteiger partial charge >= 0.3 is 0 Å². The highest BCUT2D eigenvalue weighted by Crippen LogP contribution is 2.20. The molecule has 0 unspecified atom stereocenters. The molecule has 1 aromatic heterocycles. The van der Waals surface area contributed by atoms with E-state index in [0.29, 0.717) is 24.3 Å². The standard InChI is InChI=1S/C22H22N4O2S/c27-21(19-10-8-18(9-11-19)17-6-2-1-3-7-17)23-13-16-5-4-12-26(15-16)22(28)20-14-24-29-25-20/h1-3,6-11,14,16H,4-5,12-13,15H2,(H,23,27)/t16-/m1/s1. The molecule has 0 saturated carbocycles. The zero-order chi connectivity index (χ0) is 20.1. The van der Waals surface area contributed by atoms with Gasteiger partial charge in [-0.15, -0.1) is 0 Å². The molecule has 1 fully saturated rings. The Bertz CT molecular complexity index is 958. The third-order valence-corrected chi connectivity index (χ3v) is 5.67. The number of carbonyl (C=O) groups excluding carboxylic acids is 2. The second kappa shape index (κ2) is 8.96. The maximum atomic E-state index is 12.5. The van der Waals surface area contributed by atoms with Crippen molar-refractivity contribution >= 4 is 23.5 Å². The molecule has 1 aliphatic rings. The van der Waals surface area contributed by atoms with Crippen molar-refractivity contribution in [2.75, 3.05) is 19.6 Å². The van der Waals surface area contributed by atoms with Crippen molar-refractivity contribution in [1.82, 2.24) is 19.0 Å². The summed E-state index contributed by atoms with van der Waals surface area (Å²) in [5.41, 5.74) is 3.25. The molecule has 1 aliphatic heterocycles. The lowest BCUT2D eigenvalue weighted by atomic mass is 9.97. The van der Waals surface area contributed by atoms with Gasteiger partial charge in [0, 0.05) is 25.2 Å². The number of benzene rings is 2. The normalized spacial score (nSPS) is 16.4. The van der Waals surface area contributed by atoms with Crippen LogP contribution in [-0.4, -0.2) is 45.1 Å². The van der Waals surface area contributed by atoms with Crippen LogP contribution in [0.15, 0.2) is 60.8 Å². The van der Waals surface area contributed by atoms with E-state index in [1.54, 1.807) is 0 Å². The predicted molar refractivity (Wildman–Crippen MR) is 113 cm³/mol. The van der Waals surface area contributed by atoms with Crippen LogP contribution in [0.5, 0.6) is 0 Å². The molecule has 148 valence electrons. The topological polar surface area (TPSA) is 75.2 Å². The lowest BCUT2D eigenvalue weighted by Crippen LogP contribution is -2.43. The highest BCUT2D eigenvalue weighted by molar-refractivity contribution is 6.99. The van der Waals surface area contributed by atoms with Crippen molar-refractivity contribution in [3.8, 4) is 11.1 Å². The minimum atomic E-state index is -0.0863. The first-order chi connectivity index (χ1) is 14.2. The highest BCUT2D eigenvalue weighted by Gasteiger charge is 2.26. The lowest BCUT2D eigenvalue weighted by molar-refractivity contribution is 0.0666. The molecule has 7 heteroatoms. The molecule has 2 amide bonds. The summed E-state index contributed by atoms with van der Waals surface area (Å²) in [6, 6.07) is 17.7. The zero-order valence-electron chi connectivity index (χ0n) is 16.0. The molecule has 6 nitrogen and oxygen atoms in total. The minimum absolute atomic E-state index is 0.0775. The van der Waals surface area contributed by atoms with Crippen LogP contribution in [0.2, 0.25) is 0 Å². The average molecular weight is 407 g/mol. The van der Waals surface area contributed by atoms with Gasteiger partial charge in [-0.05, 0) is 42.0 Å². The van der Waals surface area contributed by atoms with Crippen LogP contribution in [0.25, 0.3) is 11.1 Å². The molecule has 0 spiro atoms. The van der Waals surface area contributed by atoms with Gasteiger partial charge < -0.3 is 10.2 Å². The maximum absolute atomic E-state index is 12.5. The van der Waals surface area contributed by atoms with Gasteiger partial charge in [-0.3, -0.25) is 9.59 Å². The van der Waals surface area contributed by atoms with Crippen LogP contribution < -0.4 is 5.32 Å². The molecule has 2 aromatic carbocycles. The summed E-state index contributed by atoms with van der Waals surface area (Å²) in [5.74, 6) is 0.0786. The summed E-state index contributed by atoms with van der Waals surface area (Å²) >= 11 is 1.04. The molecular formula is C22H22N4O2S. The number of carbonyl (C=O) groups is 2. The van der Waals surface area contributed by atoms with Crippen molar-refractivity contribution in [3.63, 3.8) is 0 Å². The fraction of sp³-hybridized carbons (Fsp3) is 0.273. The first-order valence-corrected chi connectivity index (χ1v) is 10.4. The summed E-state index contributed by atoms with van der Waals surface area (Å²) in [5, 5.41) is 3.02. The van der Waals surface area contributed by atoms with E-state index in [2.05, 4.69) is 14.1 Å². The Morgan fingerprint density at radius 1 is 1.07 bits per heavy atom. The number of piperidine rings is 1. The van der Waals surface area contributed by atoms with Gasteiger partial charge in [0.1, 0.15) is 0 Å². The van der Waals surface area contributed by atoms with Crippen LogP contribution in [0.4, 0.5) is 0 Å². The van der Waals surface area contributed by atoms with E-state index in [9.17, 15) is 9.59 Å². The SMILES string of the molecule is O=C(NC[C@H]1CCCN(C(=O)c2cnsn2)C1)c1ccc(-c2ccccc2)cc1. The third kappa shape index (κ3) is 4.68. The quantitative estimate of drug-likeness (QED) is 0.704. The molecule has 29 heavy (non-hydrogen) atoms. The minimum Gasteiger partial charge on any atom is -0.352 e. The van der Waals surface area contributed by atoms with Gasteiger partial charge in [-0.1, -0.05) is 42.5 Å². The number of hydrogen-bond donors (Lipinski definition) is 1. The first-order valence-electron chi connectivity index (χ1n) is 9.71. The Hall–Kier alpha value is -3.06. The van der Waals surface area contributed by atoms with Crippen LogP contribution in [-0.2, 0) is 0 Å². The molecule has 4 rings (SSSR count). The van der Waals surface area contributed by atoms with E-state index in [1.807, 2.05) is 59.5 Å².